The van der Waals surface area contributed by atoms with Crippen molar-refractivity contribution in [2.75, 3.05) is 13.7 Å². The fourth-order valence-corrected chi connectivity index (χ4v) is 2.75. The molecule has 0 aliphatic heterocycles. The van der Waals surface area contributed by atoms with Crippen molar-refractivity contribution >= 4 is 11.6 Å². The summed E-state index contributed by atoms with van der Waals surface area (Å²) in [6.07, 6.45) is 1.47. The lowest BCUT2D eigenvalue weighted by Gasteiger charge is -2.15. The smallest absolute Gasteiger partial charge is 0.119 e. The first-order valence-electron chi connectivity index (χ1n) is 6.97. The molecule has 5 heteroatoms. The highest BCUT2D eigenvalue weighted by molar-refractivity contribution is 6.31. The Hall–Kier alpha value is -1.52. The zero-order chi connectivity index (χ0) is 15.4. The molecule has 0 aliphatic carbocycles. The van der Waals surface area contributed by atoms with Crippen LogP contribution in [0.4, 0.5) is 0 Å². The zero-order valence-electron chi connectivity index (χ0n) is 12.6. The minimum absolute atomic E-state index is 0.101. The largest absolute Gasteiger partial charge is 0.497 e. The van der Waals surface area contributed by atoms with E-state index in [2.05, 4.69) is 5.10 Å². The molecule has 21 heavy (non-hydrogen) atoms. The Kier molecular flexibility index (Phi) is 5.26. The van der Waals surface area contributed by atoms with Gasteiger partial charge in [0.2, 0.25) is 0 Å². The molecule has 0 saturated heterocycles. The number of aliphatic hydroxyl groups is 1. The van der Waals surface area contributed by atoms with Gasteiger partial charge in [0.1, 0.15) is 5.75 Å². The van der Waals surface area contributed by atoms with Crippen molar-refractivity contribution in [1.82, 2.24) is 9.78 Å². The Balaban J connectivity index is 2.13. The van der Waals surface area contributed by atoms with Gasteiger partial charge in [-0.2, -0.15) is 5.10 Å². The molecule has 0 fully saturated rings. The summed E-state index contributed by atoms with van der Waals surface area (Å²) in [6.45, 7) is 2.00. The van der Waals surface area contributed by atoms with Crippen molar-refractivity contribution in [3.05, 3.63) is 46.2 Å². The number of rotatable bonds is 6. The van der Waals surface area contributed by atoms with E-state index in [1.165, 1.54) is 0 Å². The molecule has 0 amide bonds. The number of halogens is 1. The molecule has 0 aliphatic rings. The molecule has 0 bridgehead atoms. The number of ether oxygens (including phenoxy) is 1. The molecule has 1 aromatic heterocycles. The average Bonchev–Trinajstić information content (AvgIpc) is 2.73. The lowest BCUT2D eigenvalue weighted by atomic mass is 9.95. The lowest BCUT2D eigenvalue weighted by Crippen LogP contribution is -2.15. The topological polar surface area (TPSA) is 47.3 Å². The highest BCUT2D eigenvalue weighted by atomic mass is 35.5. The number of aryl methyl sites for hydroxylation is 2. The van der Waals surface area contributed by atoms with Gasteiger partial charge in [0, 0.05) is 13.7 Å². The maximum atomic E-state index is 9.66. The van der Waals surface area contributed by atoms with E-state index in [1.54, 1.807) is 11.8 Å². The predicted molar refractivity (Wildman–Crippen MR) is 83.9 cm³/mol. The summed E-state index contributed by atoms with van der Waals surface area (Å²) < 4.78 is 7.03. The van der Waals surface area contributed by atoms with Crippen LogP contribution in [0.15, 0.2) is 24.3 Å². The van der Waals surface area contributed by atoms with Gasteiger partial charge in [-0.1, -0.05) is 23.7 Å². The number of methoxy groups -OCH3 is 1. The molecule has 2 rings (SSSR count). The van der Waals surface area contributed by atoms with Gasteiger partial charge >= 0.3 is 0 Å². The third-order valence-electron chi connectivity index (χ3n) is 3.66. The van der Waals surface area contributed by atoms with Gasteiger partial charge in [0.05, 0.1) is 23.5 Å². The van der Waals surface area contributed by atoms with Crippen LogP contribution >= 0.6 is 11.6 Å². The van der Waals surface area contributed by atoms with E-state index in [0.717, 1.165) is 29.1 Å². The summed E-state index contributed by atoms with van der Waals surface area (Å²) in [5.41, 5.74) is 2.94. The van der Waals surface area contributed by atoms with Crippen molar-refractivity contribution in [2.45, 2.75) is 19.8 Å². The molecule has 2 aromatic rings. The zero-order valence-corrected chi connectivity index (χ0v) is 13.4. The van der Waals surface area contributed by atoms with Gasteiger partial charge < -0.3 is 9.84 Å². The monoisotopic (exact) mass is 308 g/mol. The summed E-state index contributed by atoms with van der Waals surface area (Å²) in [5.74, 6) is 0.933. The number of hydrogen-bond donors (Lipinski definition) is 1. The van der Waals surface area contributed by atoms with Gasteiger partial charge in [-0.3, -0.25) is 4.68 Å². The SMILES string of the molecule is COc1cccc(CC(CO)Cc2c(Cl)c(C)nn2C)c1. The molecule has 0 spiro atoms. The highest BCUT2D eigenvalue weighted by Gasteiger charge is 2.17. The van der Waals surface area contributed by atoms with Gasteiger partial charge in [-0.05, 0) is 43.4 Å². The van der Waals surface area contributed by atoms with E-state index in [1.807, 2.05) is 38.2 Å². The van der Waals surface area contributed by atoms with Crippen molar-refractivity contribution in [1.29, 1.82) is 0 Å². The number of aromatic nitrogens is 2. The van der Waals surface area contributed by atoms with Crippen molar-refractivity contribution < 1.29 is 9.84 Å². The third kappa shape index (κ3) is 3.77. The minimum Gasteiger partial charge on any atom is -0.497 e. The van der Waals surface area contributed by atoms with Crippen LogP contribution in [0, 0.1) is 12.8 Å². The first-order valence-corrected chi connectivity index (χ1v) is 7.34. The van der Waals surface area contributed by atoms with Gasteiger partial charge in [0.25, 0.3) is 0 Å². The number of benzene rings is 1. The van der Waals surface area contributed by atoms with E-state index < -0.39 is 0 Å². The molecule has 114 valence electrons. The summed E-state index contributed by atoms with van der Waals surface area (Å²) in [4.78, 5) is 0. The van der Waals surface area contributed by atoms with Crippen LogP contribution in [0.3, 0.4) is 0 Å². The normalized spacial score (nSPS) is 12.4. The summed E-state index contributed by atoms with van der Waals surface area (Å²) in [5, 5.41) is 14.7. The fraction of sp³-hybridized carbons (Fsp3) is 0.438. The Morgan fingerprint density at radius 1 is 1.38 bits per heavy atom. The average molecular weight is 309 g/mol. The summed E-state index contributed by atoms with van der Waals surface area (Å²) >= 11 is 6.28. The predicted octanol–water partition coefficient (Wildman–Crippen LogP) is 2.78. The highest BCUT2D eigenvalue weighted by Crippen LogP contribution is 2.24. The molecule has 1 unspecified atom stereocenters. The molecular weight excluding hydrogens is 288 g/mol. The van der Waals surface area contributed by atoms with Crippen LogP contribution in [-0.2, 0) is 19.9 Å². The van der Waals surface area contributed by atoms with Crippen LogP contribution in [0.25, 0.3) is 0 Å². The number of aliphatic hydroxyl groups excluding tert-OH is 1. The van der Waals surface area contributed by atoms with Crippen molar-refractivity contribution in [3.8, 4) is 5.75 Å². The van der Waals surface area contributed by atoms with E-state index in [-0.39, 0.29) is 12.5 Å². The molecule has 0 radical (unpaired) electrons. The summed E-state index contributed by atoms with van der Waals surface area (Å²) in [6, 6.07) is 7.92. The first-order chi connectivity index (χ1) is 10.0. The fourth-order valence-electron chi connectivity index (χ4n) is 2.51. The summed E-state index contributed by atoms with van der Waals surface area (Å²) in [7, 11) is 3.54. The Bertz CT molecular complexity index is 610. The van der Waals surface area contributed by atoms with Crippen molar-refractivity contribution in [2.24, 2.45) is 13.0 Å². The van der Waals surface area contributed by atoms with Crippen LogP contribution in [-0.4, -0.2) is 28.6 Å². The molecule has 1 heterocycles. The van der Waals surface area contributed by atoms with Crippen LogP contribution < -0.4 is 4.74 Å². The third-order valence-corrected chi connectivity index (χ3v) is 4.15. The second-order valence-corrected chi connectivity index (χ2v) is 5.66. The van der Waals surface area contributed by atoms with Crippen LogP contribution in [0.5, 0.6) is 5.75 Å². The standard InChI is InChI=1S/C16H21ClN2O2/c1-11-16(17)15(19(2)18-11)9-13(10-20)7-12-5-4-6-14(8-12)21-3/h4-6,8,13,20H,7,9-10H2,1-3H3. The van der Waals surface area contributed by atoms with E-state index in [9.17, 15) is 5.11 Å². The molecular formula is C16H21ClN2O2. The van der Waals surface area contributed by atoms with E-state index in [4.69, 9.17) is 16.3 Å². The quantitative estimate of drug-likeness (QED) is 0.892. The molecule has 1 N–H and O–H groups in total. The Morgan fingerprint density at radius 2 is 2.14 bits per heavy atom. The van der Waals surface area contributed by atoms with E-state index in [0.29, 0.717) is 11.4 Å². The second kappa shape index (κ2) is 6.96. The lowest BCUT2D eigenvalue weighted by molar-refractivity contribution is 0.223. The van der Waals surface area contributed by atoms with Gasteiger partial charge in [0.15, 0.2) is 0 Å². The molecule has 1 aromatic carbocycles. The maximum Gasteiger partial charge on any atom is 0.119 e. The Labute approximate surface area is 130 Å². The van der Waals surface area contributed by atoms with Crippen molar-refractivity contribution in [3.63, 3.8) is 0 Å². The molecule has 1 atom stereocenters. The number of hydrogen-bond acceptors (Lipinski definition) is 3. The number of nitrogens with zero attached hydrogens (tertiary/aromatic N) is 2. The first kappa shape index (κ1) is 15.9. The maximum absolute atomic E-state index is 9.66. The van der Waals surface area contributed by atoms with Crippen LogP contribution in [0.2, 0.25) is 5.02 Å². The molecule has 4 nitrogen and oxygen atoms in total. The van der Waals surface area contributed by atoms with E-state index >= 15 is 0 Å². The van der Waals surface area contributed by atoms with Crippen LogP contribution in [0.1, 0.15) is 17.0 Å². The minimum atomic E-state index is 0.101. The Morgan fingerprint density at radius 3 is 2.71 bits per heavy atom. The molecule has 0 saturated carbocycles. The second-order valence-electron chi connectivity index (χ2n) is 5.28. The van der Waals surface area contributed by atoms with Gasteiger partial charge in [-0.25, -0.2) is 0 Å². The van der Waals surface area contributed by atoms with Gasteiger partial charge in [-0.15, -0.1) is 0 Å².